The van der Waals surface area contributed by atoms with E-state index >= 15 is 0 Å². The molecule has 2 aromatic rings. The van der Waals surface area contributed by atoms with Gasteiger partial charge in [-0.15, -0.1) is 0 Å². The Morgan fingerprint density at radius 2 is 1.59 bits per heavy atom. The number of nitrogens with one attached hydrogen (secondary N) is 1. The summed E-state index contributed by atoms with van der Waals surface area (Å²) in [6.45, 7) is 8.90. The van der Waals surface area contributed by atoms with E-state index in [1.165, 1.54) is 17.2 Å². The third-order valence-electron chi connectivity index (χ3n) is 5.34. The van der Waals surface area contributed by atoms with Crippen LogP contribution in [0, 0.1) is 5.92 Å². The highest BCUT2D eigenvalue weighted by Crippen LogP contribution is 2.23. The van der Waals surface area contributed by atoms with Crippen LogP contribution in [0.1, 0.15) is 57.2 Å². The van der Waals surface area contributed by atoms with E-state index < -0.39 is 9.84 Å². The van der Waals surface area contributed by atoms with Crippen LogP contribution in [-0.2, 0) is 14.6 Å². The molecule has 5 nitrogen and oxygen atoms in total. The van der Waals surface area contributed by atoms with Crippen LogP contribution in [0.15, 0.2) is 53.4 Å². The van der Waals surface area contributed by atoms with Crippen molar-refractivity contribution in [3.63, 3.8) is 0 Å². The summed E-state index contributed by atoms with van der Waals surface area (Å²) in [5.74, 6) is 0.662. The molecular formula is C23H33N2O3S+. The molecular weight excluding hydrogens is 384 g/mol. The number of amides is 1. The van der Waals surface area contributed by atoms with Gasteiger partial charge >= 0.3 is 0 Å². The molecule has 0 saturated heterocycles. The molecule has 0 heterocycles. The molecule has 0 aliphatic carbocycles. The lowest BCUT2D eigenvalue weighted by Crippen LogP contribution is -2.88. The van der Waals surface area contributed by atoms with Crippen LogP contribution in [0.5, 0.6) is 0 Å². The maximum Gasteiger partial charge on any atom is 0.279 e. The molecule has 0 fully saturated rings. The average molecular weight is 418 g/mol. The third-order valence-corrected chi connectivity index (χ3v) is 6.49. The summed E-state index contributed by atoms with van der Waals surface area (Å²) in [6.07, 6.45) is 2.25. The van der Waals surface area contributed by atoms with Gasteiger partial charge in [0.1, 0.15) is 6.04 Å². The molecule has 3 N–H and O–H groups in total. The number of hydrogen-bond donors (Lipinski definition) is 2. The zero-order valence-electron chi connectivity index (χ0n) is 18.0. The van der Waals surface area contributed by atoms with Gasteiger partial charge in [0, 0.05) is 17.7 Å². The molecule has 0 saturated carbocycles. The highest BCUT2D eigenvalue weighted by Gasteiger charge is 2.22. The lowest BCUT2D eigenvalue weighted by atomic mass is 9.92. The number of anilines is 1. The largest absolute Gasteiger partial charge is 0.332 e. The SMILES string of the molecule is CC[C@H](C)c1ccc([C@H]([NH2+]CC(=O)Nc2ccccc2S(C)(=O)=O)C(C)C)cc1. The Labute approximate surface area is 174 Å². The Hall–Kier alpha value is -2.18. The van der Waals surface area contributed by atoms with Crippen LogP contribution in [0.2, 0.25) is 0 Å². The zero-order valence-corrected chi connectivity index (χ0v) is 18.8. The summed E-state index contributed by atoms with van der Waals surface area (Å²) in [5.41, 5.74) is 2.85. The fraction of sp³-hybridized carbons (Fsp3) is 0.435. The van der Waals surface area contributed by atoms with Crippen molar-refractivity contribution in [2.45, 2.75) is 51.0 Å². The zero-order chi connectivity index (χ0) is 21.6. The van der Waals surface area contributed by atoms with Crippen LogP contribution >= 0.6 is 0 Å². The van der Waals surface area contributed by atoms with Crippen molar-refractivity contribution in [2.24, 2.45) is 5.92 Å². The van der Waals surface area contributed by atoms with Gasteiger partial charge in [-0.25, -0.2) is 8.42 Å². The monoisotopic (exact) mass is 417 g/mol. The van der Waals surface area contributed by atoms with Gasteiger partial charge in [0.2, 0.25) is 0 Å². The van der Waals surface area contributed by atoms with Crippen molar-refractivity contribution in [1.82, 2.24) is 0 Å². The quantitative estimate of drug-likeness (QED) is 0.655. The summed E-state index contributed by atoms with van der Waals surface area (Å²) in [7, 11) is -3.41. The van der Waals surface area contributed by atoms with Crippen molar-refractivity contribution >= 4 is 21.4 Å². The number of hydrogen-bond acceptors (Lipinski definition) is 3. The Bertz CT molecular complexity index is 921. The number of benzene rings is 2. The molecule has 0 bridgehead atoms. The molecule has 29 heavy (non-hydrogen) atoms. The van der Waals surface area contributed by atoms with Gasteiger partial charge in [0.25, 0.3) is 5.91 Å². The van der Waals surface area contributed by atoms with Gasteiger partial charge in [-0.2, -0.15) is 0 Å². The standard InChI is InChI=1S/C23H32N2O3S/c1-6-17(4)18-11-13-19(14-12-18)23(16(2)3)24-15-22(26)25-20-9-7-8-10-21(20)29(5,27)28/h7-14,16-17,23-24H,6,15H2,1-5H3,(H,25,26)/p+1/t17-,23+/m0/s1. The second-order valence-electron chi connectivity index (χ2n) is 8.00. The molecule has 0 spiro atoms. The maximum atomic E-state index is 12.5. The number of nitrogens with two attached hydrogens (primary N) is 1. The van der Waals surface area contributed by atoms with Crippen molar-refractivity contribution in [1.29, 1.82) is 0 Å². The third kappa shape index (κ3) is 6.41. The molecule has 1 amide bonds. The highest BCUT2D eigenvalue weighted by atomic mass is 32.2. The molecule has 0 aliphatic heterocycles. The summed E-state index contributed by atoms with van der Waals surface area (Å²) >= 11 is 0. The van der Waals surface area contributed by atoms with E-state index in [1.807, 2.05) is 5.32 Å². The van der Waals surface area contributed by atoms with Gasteiger partial charge < -0.3 is 10.6 Å². The normalized spacial score (nSPS) is 13.9. The van der Waals surface area contributed by atoms with E-state index in [9.17, 15) is 13.2 Å². The van der Waals surface area contributed by atoms with E-state index in [0.29, 0.717) is 17.5 Å². The fourth-order valence-corrected chi connectivity index (χ4v) is 4.25. The number of carbonyl (C=O) groups excluding carboxylic acids is 1. The maximum absolute atomic E-state index is 12.5. The molecule has 0 aromatic heterocycles. The molecule has 2 aromatic carbocycles. The summed E-state index contributed by atoms with van der Waals surface area (Å²) < 4.78 is 23.8. The molecule has 6 heteroatoms. The second kappa shape index (κ2) is 10.0. The lowest BCUT2D eigenvalue weighted by Gasteiger charge is -2.20. The number of carbonyl (C=O) groups is 1. The first-order chi connectivity index (χ1) is 13.6. The van der Waals surface area contributed by atoms with E-state index in [0.717, 1.165) is 12.7 Å². The predicted octanol–water partition coefficient (Wildman–Crippen LogP) is 3.50. The van der Waals surface area contributed by atoms with Crippen molar-refractivity contribution in [3.8, 4) is 0 Å². The van der Waals surface area contributed by atoms with Gasteiger partial charge in [0.15, 0.2) is 16.4 Å². The molecule has 0 unspecified atom stereocenters. The number of sulfone groups is 1. The summed E-state index contributed by atoms with van der Waals surface area (Å²) in [4.78, 5) is 12.6. The van der Waals surface area contributed by atoms with Crippen molar-refractivity contribution < 1.29 is 18.5 Å². The smallest absolute Gasteiger partial charge is 0.279 e. The Morgan fingerprint density at radius 3 is 2.14 bits per heavy atom. The fourth-order valence-electron chi connectivity index (χ4n) is 3.40. The molecule has 2 atom stereocenters. The minimum absolute atomic E-state index is 0.134. The van der Waals surface area contributed by atoms with Crippen molar-refractivity contribution in [2.75, 3.05) is 18.1 Å². The Balaban J connectivity index is 2.07. The topological polar surface area (TPSA) is 79.8 Å². The van der Waals surface area contributed by atoms with Gasteiger partial charge in [-0.1, -0.05) is 64.1 Å². The first kappa shape index (κ1) is 23.1. The highest BCUT2D eigenvalue weighted by molar-refractivity contribution is 7.90. The predicted molar refractivity (Wildman–Crippen MR) is 118 cm³/mol. The van der Waals surface area contributed by atoms with Crippen molar-refractivity contribution in [3.05, 3.63) is 59.7 Å². The number of quaternary nitrogens is 1. The molecule has 0 radical (unpaired) electrons. The van der Waals surface area contributed by atoms with E-state index in [4.69, 9.17) is 0 Å². The first-order valence-corrected chi connectivity index (χ1v) is 12.0. The molecule has 158 valence electrons. The minimum Gasteiger partial charge on any atom is -0.332 e. The first-order valence-electron chi connectivity index (χ1n) is 10.2. The van der Waals surface area contributed by atoms with E-state index in [-0.39, 0.29) is 23.4 Å². The van der Waals surface area contributed by atoms with E-state index in [1.54, 1.807) is 18.2 Å². The number of para-hydroxylation sites is 1. The summed E-state index contributed by atoms with van der Waals surface area (Å²) in [5, 5.41) is 4.76. The minimum atomic E-state index is -3.41. The van der Waals surface area contributed by atoms with Gasteiger partial charge in [-0.05, 0) is 30.0 Å². The second-order valence-corrected chi connectivity index (χ2v) is 9.99. The van der Waals surface area contributed by atoms with Crippen LogP contribution in [0.4, 0.5) is 5.69 Å². The van der Waals surface area contributed by atoms with E-state index in [2.05, 4.69) is 57.3 Å². The average Bonchev–Trinajstić information content (AvgIpc) is 2.67. The van der Waals surface area contributed by atoms with Gasteiger partial charge in [-0.3, -0.25) is 4.79 Å². The number of rotatable bonds is 9. The van der Waals surface area contributed by atoms with Crippen LogP contribution in [-0.4, -0.2) is 27.1 Å². The van der Waals surface area contributed by atoms with Crippen LogP contribution in [0.25, 0.3) is 0 Å². The summed E-state index contributed by atoms with van der Waals surface area (Å²) in [6, 6.07) is 15.3. The van der Waals surface area contributed by atoms with Crippen LogP contribution in [0.3, 0.4) is 0 Å². The van der Waals surface area contributed by atoms with Crippen LogP contribution < -0.4 is 10.6 Å². The van der Waals surface area contributed by atoms with Gasteiger partial charge in [0.05, 0.1) is 10.6 Å². The molecule has 2 rings (SSSR count). The Kier molecular flexibility index (Phi) is 7.99. The molecule has 0 aliphatic rings. The lowest BCUT2D eigenvalue weighted by molar-refractivity contribution is -0.692. The Morgan fingerprint density at radius 1 is 1.00 bits per heavy atom.